The Hall–Kier alpha value is -2.75. The van der Waals surface area contributed by atoms with Crippen molar-refractivity contribution in [3.8, 4) is 11.4 Å². The van der Waals surface area contributed by atoms with E-state index >= 15 is 0 Å². The summed E-state index contributed by atoms with van der Waals surface area (Å²) in [6.45, 7) is 0. The Morgan fingerprint density at radius 2 is 1.67 bits per heavy atom. The average Bonchev–Trinajstić information content (AvgIpc) is 2.90. The van der Waals surface area contributed by atoms with Crippen molar-refractivity contribution in [2.75, 3.05) is 0 Å². The Kier molecular flexibility index (Phi) is 2.51. The lowest BCUT2D eigenvalue weighted by Crippen LogP contribution is -1.86. The van der Waals surface area contributed by atoms with Crippen LogP contribution in [0, 0.1) is 11.6 Å². The van der Waals surface area contributed by atoms with E-state index in [2.05, 4.69) is 9.97 Å². The number of rotatable bonds is 1. The first-order valence-electron chi connectivity index (χ1n) is 6.55. The molecule has 1 N–H and O–H groups in total. The number of hydrogen-bond donors (Lipinski definition) is 1. The summed E-state index contributed by atoms with van der Waals surface area (Å²) in [7, 11) is 0. The Morgan fingerprint density at radius 3 is 2.52 bits per heavy atom. The summed E-state index contributed by atoms with van der Waals surface area (Å²) in [4.78, 5) is 7.55. The van der Waals surface area contributed by atoms with Crippen LogP contribution in [0.15, 0.2) is 54.6 Å². The number of nitrogens with one attached hydrogen (secondary N) is 1. The minimum Gasteiger partial charge on any atom is -0.338 e. The SMILES string of the molecule is Fc1ccc2nc(-c3ccc(F)c4ccccc34)[nH]c2c1. The molecule has 0 radical (unpaired) electrons. The van der Waals surface area contributed by atoms with Gasteiger partial charge in [-0.2, -0.15) is 0 Å². The molecule has 3 aromatic carbocycles. The maximum absolute atomic E-state index is 13.9. The van der Waals surface area contributed by atoms with Crippen LogP contribution < -0.4 is 0 Å². The number of fused-ring (bicyclic) bond motifs is 2. The van der Waals surface area contributed by atoms with E-state index in [-0.39, 0.29) is 11.6 Å². The van der Waals surface area contributed by atoms with Crippen molar-refractivity contribution in [3.63, 3.8) is 0 Å². The smallest absolute Gasteiger partial charge is 0.139 e. The number of halogens is 2. The number of nitrogens with zero attached hydrogens (tertiary/aromatic N) is 1. The van der Waals surface area contributed by atoms with Crippen molar-refractivity contribution in [2.24, 2.45) is 0 Å². The largest absolute Gasteiger partial charge is 0.338 e. The number of hydrogen-bond acceptors (Lipinski definition) is 1. The van der Waals surface area contributed by atoms with E-state index in [1.54, 1.807) is 24.3 Å². The van der Waals surface area contributed by atoms with Gasteiger partial charge in [0.2, 0.25) is 0 Å². The second-order valence-electron chi connectivity index (χ2n) is 4.89. The molecule has 0 saturated heterocycles. The van der Waals surface area contributed by atoms with Crippen molar-refractivity contribution in [1.82, 2.24) is 9.97 Å². The molecule has 2 nitrogen and oxygen atoms in total. The number of imidazole rings is 1. The van der Waals surface area contributed by atoms with Crippen molar-refractivity contribution >= 4 is 21.8 Å². The fraction of sp³-hybridized carbons (Fsp3) is 0. The molecule has 0 bridgehead atoms. The van der Waals surface area contributed by atoms with Gasteiger partial charge in [0.15, 0.2) is 0 Å². The van der Waals surface area contributed by atoms with E-state index in [0.717, 1.165) is 10.9 Å². The Labute approximate surface area is 119 Å². The molecule has 0 fully saturated rings. The zero-order valence-electron chi connectivity index (χ0n) is 10.9. The number of H-pyrrole nitrogens is 1. The van der Waals surface area contributed by atoms with Gasteiger partial charge >= 0.3 is 0 Å². The highest BCUT2D eigenvalue weighted by atomic mass is 19.1. The Morgan fingerprint density at radius 1 is 0.857 bits per heavy atom. The Bertz CT molecular complexity index is 973. The van der Waals surface area contributed by atoms with E-state index in [1.807, 2.05) is 12.1 Å². The molecule has 0 atom stereocenters. The molecule has 102 valence electrons. The maximum atomic E-state index is 13.9. The summed E-state index contributed by atoms with van der Waals surface area (Å²) < 4.78 is 27.1. The van der Waals surface area contributed by atoms with E-state index < -0.39 is 0 Å². The molecule has 1 heterocycles. The van der Waals surface area contributed by atoms with Gasteiger partial charge in [-0.15, -0.1) is 0 Å². The van der Waals surface area contributed by atoms with Crippen LogP contribution in [0.2, 0.25) is 0 Å². The third kappa shape index (κ3) is 1.88. The zero-order chi connectivity index (χ0) is 14.4. The lowest BCUT2D eigenvalue weighted by molar-refractivity contribution is 0.629. The fourth-order valence-electron chi connectivity index (χ4n) is 2.58. The monoisotopic (exact) mass is 280 g/mol. The van der Waals surface area contributed by atoms with Crippen LogP contribution in [-0.4, -0.2) is 9.97 Å². The van der Waals surface area contributed by atoms with Gasteiger partial charge in [-0.25, -0.2) is 13.8 Å². The van der Waals surface area contributed by atoms with E-state index in [9.17, 15) is 8.78 Å². The molecule has 0 saturated carbocycles. The predicted molar refractivity (Wildman–Crippen MR) is 79.0 cm³/mol. The quantitative estimate of drug-likeness (QED) is 0.539. The van der Waals surface area contributed by atoms with E-state index in [1.165, 1.54) is 18.2 Å². The van der Waals surface area contributed by atoms with Crippen molar-refractivity contribution in [2.45, 2.75) is 0 Å². The number of aromatic nitrogens is 2. The van der Waals surface area contributed by atoms with Crippen molar-refractivity contribution < 1.29 is 8.78 Å². The first-order chi connectivity index (χ1) is 10.2. The maximum Gasteiger partial charge on any atom is 0.139 e. The zero-order valence-corrected chi connectivity index (χ0v) is 10.9. The van der Waals surface area contributed by atoms with Gasteiger partial charge in [-0.3, -0.25) is 0 Å². The normalized spacial score (nSPS) is 11.3. The topological polar surface area (TPSA) is 28.7 Å². The van der Waals surface area contributed by atoms with Crippen LogP contribution in [0.25, 0.3) is 33.2 Å². The lowest BCUT2D eigenvalue weighted by atomic mass is 10.0. The minimum atomic E-state index is -0.318. The molecule has 4 heteroatoms. The second kappa shape index (κ2) is 4.38. The summed E-state index contributed by atoms with van der Waals surface area (Å²) >= 11 is 0. The predicted octanol–water partition coefficient (Wildman–Crippen LogP) is 4.66. The molecular weight excluding hydrogens is 270 g/mol. The molecule has 21 heavy (non-hydrogen) atoms. The molecule has 0 aliphatic carbocycles. The van der Waals surface area contributed by atoms with Gasteiger partial charge in [0.05, 0.1) is 11.0 Å². The van der Waals surface area contributed by atoms with Crippen molar-refractivity contribution in [3.05, 3.63) is 66.2 Å². The average molecular weight is 280 g/mol. The van der Waals surface area contributed by atoms with Crippen LogP contribution in [0.4, 0.5) is 8.78 Å². The Balaban J connectivity index is 2.02. The molecule has 0 unspecified atom stereocenters. The van der Waals surface area contributed by atoms with Crippen LogP contribution in [0.5, 0.6) is 0 Å². The fourth-order valence-corrected chi connectivity index (χ4v) is 2.58. The summed E-state index contributed by atoms with van der Waals surface area (Å²) in [6, 6.07) is 14.7. The first kappa shape index (κ1) is 12.0. The van der Waals surface area contributed by atoms with Crippen LogP contribution >= 0.6 is 0 Å². The summed E-state index contributed by atoms with van der Waals surface area (Å²) in [5.74, 6) is 0.0185. The third-order valence-electron chi connectivity index (χ3n) is 3.57. The first-order valence-corrected chi connectivity index (χ1v) is 6.55. The summed E-state index contributed by atoms with van der Waals surface area (Å²) in [5.41, 5.74) is 2.10. The molecule has 0 aliphatic heterocycles. The second-order valence-corrected chi connectivity index (χ2v) is 4.89. The summed E-state index contributed by atoms with van der Waals surface area (Å²) in [5, 5.41) is 1.32. The van der Waals surface area contributed by atoms with Gasteiger partial charge in [0, 0.05) is 10.9 Å². The van der Waals surface area contributed by atoms with Crippen molar-refractivity contribution in [1.29, 1.82) is 0 Å². The highest BCUT2D eigenvalue weighted by molar-refractivity contribution is 5.96. The van der Waals surface area contributed by atoms with Gasteiger partial charge in [0.25, 0.3) is 0 Å². The van der Waals surface area contributed by atoms with E-state index in [4.69, 9.17) is 0 Å². The molecule has 0 spiro atoms. The van der Waals surface area contributed by atoms with Gasteiger partial charge in [0.1, 0.15) is 17.5 Å². The standard InChI is InChI=1S/C17H10F2N2/c18-10-5-8-15-16(9-10)21-17(20-15)13-6-7-14(19)12-4-2-1-3-11(12)13/h1-9H,(H,20,21). The highest BCUT2D eigenvalue weighted by Gasteiger charge is 2.11. The lowest BCUT2D eigenvalue weighted by Gasteiger charge is -2.04. The molecule has 4 aromatic rings. The molecular formula is C17H10F2N2. The third-order valence-corrected chi connectivity index (χ3v) is 3.57. The van der Waals surface area contributed by atoms with Gasteiger partial charge in [-0.1, -0.05) is 24.3 Å². The van der Waals surface area contributed by atoms with Gasteiger partial charge < -0.3 is 4.98 Å². The molecule has 0 aliphatic rings. The number of aromatic amines is 1. The minimum absolute atomic E-state index is 0.267. The van der Waals surface area contributed by atoms with Crippen LogP contribution in [-0.2, 0) is 0 Å². The van der Waals surface area contributed by atoms with Crippen LogP contribution in [0.1, 0.15) is 0 Å². The highest BCUT2D eigenvalue weighted by Crippen LogP contribution is 2.29. The summed E-state index contributed by atoms with van der Waals surface area (Å²) in [6.07, 6.45) is 0. The van der Waals surface area contributed by atoms with E-state index in [0.29, 0.717) is 22.2 Å². The molecule has 4 rings (SSSR count). The molecule has 0 amide bonds. The molecule has 1 aromatic heterocycles. The number of benzene rings is 3. The van der Waals surface area contributed by atoms with Crippen LogP contribution in [0.3, 0.4) is 0 Å². The van der Waals surface area contributed by atoms with Gasteiger partial charge in [-0.05, 0) is 35.7 Å².